The van der Waals surface area contributed by atoms with E-state index in [4.69, 9.17) is 27.7 Å². The minimum absolute atomic E-state index is 0.494. The van der Waals surface area contributed by atoms with Crippen molar-refractivity contribution in [2.24, 2.45) is 0 Å². The highest BCUT2D eigenvalue weighted by atomic mass is 79.9. The van der Waals surface area contributed by atoms with Crippen LogP contribution in [0.2, 0.25) is 10.0 Å². The summed E-state index contributed by atoms with van der Waals surface area (Å²) in [6.07, 6.45) is 0. The third-order valence-electron chi connectivity index (χ3n) is 1.92. The van der Waals surface area contributed by atoms with Crippen LogP contribution in [0.1, 0.15) is 5.76 Å². The van der Waals surface area contributed by atoms with Crippen LogP contribution in [0.4, 0.5) is 0 Å². The molecule has 0 spiro atoms. The smallest absolute Gasteiger partial charge is 0.147 e. The molecule has 0 aliphatic carbocycles. The molecular formula is C10H6BrCl2NO. The summed E-state index contributed by atoms with van der Waals surface area (Å²) in [5.74, 6) is 0.751. The summed E-state index contributed by atoms with van der Waals surface area (Å²) in [6, 6.07) is 7.24. The van der Waals surface area contributed by atoms with E-state index in [9.17, 15) is 0 Å². The molecule has 1 heterocycles. The zero-order valence-electron chi connectivity index (χ0n) is 7.51. The maximum Gasteiger partial charge on any atom is 0.147 e. The Bertz CT molecular complexity index is 484. The van der Waals surface area contributed by atoms with Gasteiger partial charge in [-0.1, -0.05) is 56.4 Å². The molecule has 5 heteroatoms. The Kier molecular flexibility index (Phi) is 3.34. The lowest BCUT2D eigenvalue weighted by molar-refractivity contribution is 0.398. The van der Waals surface area contributed by atoms with Crippen LogP contribution < -0.4 is 0 Å². The summed E-state index contributed by atoms with van der Waals surface area (Å²) in [4.78, 5) is 0. The topological polar surface area (TPSA) is 26.0 Å². The predicted molar refractivity (Wildman–Crippen MR) is 64.6 cm³/mol. The molecular weight excluding hydrogens is 301 g/mol. The number of rotatable bonds is 2. The van der Waals surface area contributed by atoms with E-state index in [-0.39, 0.29) is 0 Å². The van der Waals surface area contributed by atoms with Crippen LogP contribution in [-0.4, -0.2) is 5.16 Å². The Morgan fingerprint density at radius 1 is 1.33 bits per heavy atom. The Balaban J connectivity index is 2.49. The quantitative estimate of drug-likeness (QED) is 0.761. The number of hydrogen-bond acceptors (Lipinski definition) is 2. The Morgan fingerprint density at radius 3 is 2.80 bits per heavy atom. The van der Waals surface area contributed by atoms with Crippen molar-refractivity contribution in [3.8, 4) is 11.3 Å². The van der Waals surface area contributed by atoms with Gasteiger partial charge in [-0.25, -0.2) is 0 Å². The van der Waals surface area contributed by atoms with Crippen molar-refractivity contribution in [1.29, 1.82) is 0 Å². The van der Waals surface area contributed by atoms with Crippen molar-refractivity contribution in [2.45, 2.75) is 5.33 Å². The molecule has 0 atom stereocenters. The molecule has 0 bridgehead atoms. The summed E-state index contributed by atoms with van der Waals surface area (Å²) in [5.41, 5.74) is 1.47. The van der Waals surface area contributed by atoms with Gasteiger partial charge in [0, 0.05) is 11.6 Å². The van der Waals surface area contributed by atoms with Crippen molar-refractivity contribution in [1.82, 2.24) is 5.16 Å². The molecule has 0 radical (unpaired) electrons. The number of aromatic nitrogens is 1. The summed E-state index contributed by atoms with van der Waals surface area (Å²) >= 11 is 15.2. The lowest BCUT2D eigenvalue weighted by atomic mass is 10.1. The molecule has 1 aromatic carbocycles. The molecule has 0 aliphatic rings. The van der Waals surface area contributed by atoms with Gasteiger partial charge < -0.3 is 4.52 Å². The van der Waals surface area contributed by atoms with E-state index in [0.717, 1.165) is 11.3 Å². The molecule has 0 aliphatic heterocycles. The minimum Gasteiger partial charge on any atom is -0.360 e. The SMILES string of the molecule is Clc1cccc(-c2cc(CBr)on2)c1Cl. The van der Waals surface area contributed by atoms with Gasteiger partial charge in [0.15, 0.2) is 0 Å². The third-order valence-corrected chi connectivity index (χ3v) is 3.29. The second-order valence-corrected chi connectivity index (χ2v) is 4.26. The molecule has 0 fully saturated rings. The largest absolute Gasteiger partial charge is 0.360 e. The van der Waals surface area contributed by atoms with Gasteiger partial charge in [-0.3, -0.25) is 0 Å². The summed E-state index contributed by atoms with van der Waals surface area (Å²) in [5, 5.41) is 5.54. The second-order valence-electron chi connectivity index (χ2n) is 2.91. The number of hydrogen-bond donors (Lipinski definition) is 0. The molecule has 15 heavy (non-hydrogen) atoms. The number of halogens is 3. The number of nitrogens with zero attached hydrogens (tertiary/aromatic N) is 1. The van der Waals surface area contributed by atoms with Crippen molar-refractivity contribution in [2.75, 3.05) is 0 Å². The predicted octanol–water partition coefficient (Wildman–Crippen LogP) is 4.54. The lowest BCUT2D eigenvalue weighted by Crippen LogP contribution is -1.79. The zero-order valence-corrected chi connectivity index (χ0v) is 10.6. The van der Waals surface area contributed by atoms with Crippen LogP contribution in [0.25, 0.3) is 11.3 Å². The van der Waals surface area contributed by atoms with Crippen LogP contribution in [0.15, 0.2) is 28.8 Å². The average Bonchev–Trinajstić information content (AvgIpc) is 2.70. The summed E-state index contributed by atoms with van der Waals surface area (Å²) < 4.78 is 5.06. The van der Waals surface area contributed by atoms with Crippen LogP contribution in [-0.2, 0) is 5.33 Å². The van der Waals surface area contributed by atoms with E-state index in [1.807, 2.05) is 18.2 Å². The average molecular weight is 307 g/mol. The van der Waals surface area contributed by atoms with Gasteiger partial charge in [0.2, 0.25) is 0 Å². The van der Waals surface area contributed by atoms with Crippen LogP contribution in [0.3, 0.4) is 0 Å². The van der Waals surface area contributed by atoms with Gasteiger partial charge in [0.25, 0.3) is 0 Å². The summed E-state index contributed by atoms with van der Waals surface area (Å²) in [7, 11) is 0. The van der Waals surface area contributed by atoms with Gasteiger partial charge in [0.05, 0.1) is 15.4 Å². The molecule has 0 amide bonds. The van der Waals surface area contributed by atoms with Gasteiger partial charge >= 0.3 is 0 Å². The highest BCUT2D eigenvalue weighted by molar-refractivity contribution is 9.08. The van der Waals surface area contributed by atoms with Crippen molar-refractivity contribution in [3.63, 3.8) is 0 Å². The first-order valence-corrected chi connectivity index (χ1v) is 6.06. The van der Waals surface area contributed by atoms with Crippen molar-refractivity contribution >= 4 is 39.1 Å². The standard InChI is InChI=1S/C10H6BrCl2NO/c11-5-6-4-9(14-15-6)7-2-1-3-8(12)10(7)13/h1-4H,5H2. The number of benzene rings is 1. The van der Waals surface area contributed by atoms with E-state index in [1.165, 1.54) is 0 Å². The summed E-state index contributed by atoms with van der Waals surface area (Å²) in [6.45, 7) is 0. The van der Waals surface area contributed by atoms with Crippen molar-refractivity contribution < 1.29 is 4.52 Å². The Labute approximate surface area is 105 Å². The van der Waals surface area contributed by atoms with Crippen LogP contribution >= 0.6 is 39.1 Å². The molecule has 0 N–H and O–H groups in total. The monoisotopic (exact) mass is 305 g/mol. The van der Waals surface area contributed by atoms with Gasteiger partial charge in [0.1, 0.15) is 11.5 Å². The third kappa shape index (κ3) is 2.19. The molecule has 0 saturated carbocycles. The highest BCUT2D eigenvalue weighted by Gasteiger charge is 2.11. The van der Waals surface area contributed by atoms with E-state index in [1.54, 1.807) is 6.07 Å². The molecule has 0 saturated heterocycles. The number of alkyl halides is 1. The van der Waals surface area contributed by atoms with Crippen molar-refractivity contribution in [3.05, 3.63) is 40.1 Å². The maximum atomic E-state index is 6.05. The van der Waals surface area contributed by atoms with Gasteiger partial charge in [-0.2, -0.15) is 0 Å². The molecule has 78 valence electrons. The van der Waals surface area contributed by atoms with E-state index in [2.05, 4.69) is 21.1 Å². The minimum atomic E-state index is 0.494. The molecule has 2 rings (SSSR count). The van der Waals surface area contributed by atoms with Gasteiger partial charge in [-0.05, 0) is 6.07 Å². The fourth-order valence-corrected chi connectivity index (χ4v) is 1.87. The molecule has 0 unspecified atom stereocenters. The first-order valence-electron chi connectivity index (χ1n) is 4.18. The molecule has 1 aromatic heterocycles. The normalized spacial score (nSPS) is 10.6. The second kappa shape index (κ2) is 4.56. The first-order chi connectivity index (χ1) is 7.22. The first kappa shape index (κ1) is 11.0. The maximum absolute atomic E-state index is 6.05. The van der Waals surface area contributed by atoms with Crippen LogP contribution in [0, 0.1) is 0 Å². The van der Waals surface area contributed by atoms with E-state index < -0.39 is 0 Å². The fraction of sp³-hybridized carbons (Fsp3) is 0.100. The zero-order chi connectivity index (χ0) is 10.8. The molecule has 2 nitrogen and oxygen atoms in total. The lowest BCUT2D eigenvalue weighted by Gasteiger charge is -2.00. The Morgan fingerprint density at radius 2 is 2.13 bits per heavy atom. The highest BCUT2D eigenvalue weighted by Crippen LogP contribution is 2.33. The molecule has 2 aromatic rings. The van der Waals surface area contributed by atoms with E-state index in [0.29, 0.717) is 21.1 Å². The Hall–Kier alpha value is -0.510. The van der Waals surface area contributed by atoms with E-state index >= 15 is 0 Å². The van der Waals surface area contributed by atoms with Gasteiger partial charge in [-0.15, -0.1) is 0 Å². The fourth-order valence-electron chi connectivity index (χ4n) is 1.20. The van der Waals surface area contributed by atoms with Crippen LogP contribution in [0.5, 0.6) is 0 Å².